The molecule has 2 heterocycles. The summed E-state index contributed by atoms with van der Waals surface area (Å²) in [6, 6.07) is 11.8. The molecule has 3 nitrogen and oxygen atoms in total. The predicted molar refractivity (Wildman–Crippen MR) is 85.0 cm³/mol. The summed E-state index contributed by atoms with van der Waals surface area (Å²) in [7, 11) is 0. The van der Waals surface area contributed by atoms with E-state index in [4.69, 9.17) is 0 Å². The number of nitrogens with zero attached hydrogens (tertiary/aromatic N) is 1. The maximum absolute atomic E-state index is 12.1. The van der Waals surface area contributed by atoms with Gasteiger partial charge < -0.3 is 4.90 Å². The summed E-state index contributed by atoms with van der Waals surface area (Å²) >= 11 is 1.48. The summed E-state index contributed by atoms with van der Waals surface area (Å²) in [5, 5.41) is 1.91. The highest BCUT2D eigenvalue weighted by molar-refractivity contribution is 7.12. The van der Waals surface area contributed by atoms with Crippen molar-refractivity contribution >= 4 is 28.7 Å². The molecule has 0 atom stereocenters. The molecule has 0 N–H and O–H groups in total. The number of amides is 1. The van der Waals surface area contributed by atoms with Gasteiger partial charge in [0.15, 0.2) is 5.78 Å². The number of carbonyl (C=O) groups excluding carboxylic acids is 2. The molecule has 0 aliphatic carbocycles. The van der Waals surface area contributed by atoms with E-state index in [1.807, 2.05) is 40.6 Å². The molecule has 0 radical (unpaired) electrons. The molecule has 0 saturated carbocycles. The minimum Gasteiger partial charge on any atom is -0.312 e. The van der Waals surface area contributed by atoms with Crippen molar-refractivity contribution in [1.29, 1.82) is 0 Å². The summed E-state index contributed by atoms with van der Waals surface area (Å²) in [4.78, 5) is 26.7. The van der Waals surface area contributed by atoms with Crippen LogP contribution in [0.1, 0.15) is 34.5 Å². The number of thiophene rings is 1. The van der Waals surface area contributed by atoms with Crippen molar-refractivity contribution in [3.63, 3.8) is 0 Å². The molecule has 0 unspecified atom stereocenters. The molecule has 0 fully saturated rings. The van der Waals surface area contributed by atoms with Crippen molar-refractivity contribution in [2.24, 2.45) is 0 Å². The maximum Gasteiger partial charge on any atom is 0.227 e. The number of ketones is 1. The number of rotatable bonds is 5. The van der Waals surface area contributed by atoms with E-state index >= 15 is 0 Å². The Morgan fingerprint density at radius 2 is 2.00 bits per heavy atom. The number of fused-ring (bicyclic) bond motifs is 1. The first-order chi connectivity index (χ1) is 10.3. The summed E-state index contributed by atoms with van der Waals surface area (Å²) in [6.07, 6.45) is 2.58. The molecule has 1 aliphatic heterocycles. The molecule has 0 spiro atoms. The van der Waals surface area contributed by atoms with E-state index in [0.717, 1.165) is 17.0 Å². The fourth-order valence-corrected chi connectivity index (χ4v) is 3.39. The zero-order chi connectivity index (χ0) is 14.7. The maximum atomic E-state index is 12.1. The number of anilines is 1. The van der Waals surface area contributed by atoms with E-state index in [1.165, 1.54) is 16.9 Å². The van der Waals surface area contributed by atoms with Gasteiger partial charge in [-0.05, 0) is 35.9 Å². The summed E-state index contributed by atoms with van der Waals surface area (Å²) in [5.74, 6) is 0.333. The fraction of sp³-hybridized carbons (Fsp3) is 0.294. The average Bonchev–Trinajstić information content (AvgIpc) is 3.04. The van der Waals surface area contributed by atoms with Gasteiger partial charge >= 0.3 is 0 Å². The van der Waals surface area contributed by atoms with Crippen LogP contribution in [0.4, 0.5) is 5.69 Å². The zero-order valence-electron chi connectivity index (χ0n) is 11.7. The molecule has 2 aromatic rings. The van der Waals surface area contributed by atoms with Crippen LogP contribution in [0.3, 0.4) is 0 Å². The van der Waals surface area contributed by atoms with Crippen molar-refractivity contribution in [1.82, 2.24) is 0 Å². The second kappa shape index (κ2) is 6.22. The highest BCUT2D eigenvalue weighted by atomic mass is 32.1. The molecule has 4 heteroatoms. The lowest BCUT2D eigenvalue weighted by Crippen LogP contribution is -2.36. The van der Waals surface area contributed by atoms with Crippen molar-refractivity contribution in [3.8, 4) is 0 Å². The molecule has 1 aromatic heterocycles. The van der Waals surface area contributed by atoms with Crippen LogP contribution in [0.25, 0.3) is 0 Å². The Morgan fingerprint density at radius 1 is 1.14 bits per heavy atom. The van der Waals surface area contributed by atoms with Crippen molar-refractivity contribution < 1.29 is 9.59 Å². The third-order valence-corrected chi connectivity index (χ3v) is 4.68. The van der Waals surface area contributed by atoms with Gasteiger partial charge in [-0.1, -0.05) is 24.3 Å². The number of carbonyl (C=O) groups is 2. The first-order valence-electron chi connectivity index (χ1n) is 7.20. The average molecular weight is 299 g/mol. The first-order valence-corrected chi connectivity index (χ1v) is 8.08. The zero-order valence-corrected chi connectivity index (χ0v) is 12.6. The molecule has 0 saturated heterocycles. The smallest absolute Gasteiger partial charge is 0.227 e. The van der Waals surface area contributed by atoms with Gasteiger partial charge in [0.2, 0.25) is 5.91 Å². The molecular formula is C17H17NO2S. The number of Topliss-reactive ketones (excluding diaryl/α,β-unsaturated/α-hetero) is 1. The number of hydrogen-bond acceptors (Lipinski definition) is 3. The van der Waals surface area contributed by atoms with Gasteiger partial charge in [-0.2, -0.15) is 0 Å². The van der Waals surface area contributed by atoms with Gasteiger partial charge in [0, 0.05) is 25.1 Å². The number of hydrogen-bond donors (Lipinski definition) is 0. The second-order valence-corrected chi connectivity index (χ2v) is 6.13. The van der Waals surface area contributed by atoms with Crippen LogP contribution in [0.15, 0.2) is 41.8 Å². The van der Waals surface area contributed by atoms with Gasteiger partial charge in [-0.15, -0.1) is 11.3 Å². The molecule has 108 valence electrons. The van der Waals surface area contributed by atoms with Gasteiger partial charge in [-0.3, -0.25) is 9.59 Å². The molecule has 0 bridgehead atoms. The molecule has 1 aliphatic rings. The highest BCUT2D eigenvalue weighted by Crippen LogP contribution is 2.27. The minimum atomic E-state index is 0.164. The molecule has 1 aromatic carbocycles. The van der Waals surface area contributed by atoms with Crippen LogP contribution in [0.5, 0.6) is 0 Å². The SMILES string of the molecule is O=C(CCCN1C(=O)CCc2ccccc21)c1cccs1. The Kier molecular flexibility index (Phi) is 4.15. The van der Waals surface area contributed by atoms with E-state index in [1.54, 1.807) is 0 Å². The Bertz CT molecular complexity index is 649. The predicted octanol–water partition coefficient (Wildman–Crippen LogP) is 3.69. The van der Waals surface area contributed by atoms with Crippen molar-refractivity contribution in [2.75, 3.05) is 11.4 Å². The van der Waals surface area contributed by atoms with E-state index < -0.39 is 0 Å². The summed E-state index contributed by atoms with van der Waals surface area (Å²) in [5.41, 5.74) is 2.24. The summed E-state index contributed by atoms with van der Waals surface area (Å²) < 4.78 is 0. The van der Waals surface area contributed by atoms with Gasteiger partial charge in [0.25, 0.3) is 0 Å². The number of para-hydroxylation sites is 1. The van der Waals surface area contributed by atoms with Crippen molar-refractivity contribution in [3.05, 3.63) is 52.2 Å². The quantitative estimate of drug-likeness (QED) is 0.790. The third kappa shape index (κ3) is 3.05. The van der Waals surface area contributed by atoms with Gasteiger partial charge in [-0.25, -0.2) is 0 Å². The van der Waals surface area contributed by atoms with Crippen LogP contribution < -0.4 is 4.90 Å². The lowest BCUT2D eigenvalue weighted by molar-refractivity contribution is -0.118. The highest BCUT2D eigenvalue weighted by Gasteiger charge is 2.23. The second-order valence-electron chi connectivity index (χ2n) is 5.18. The normalized spacial score (nSPS) is 14.1. The van der Waals surface area contributed by atoms with E-state index in [0.29, 0.717) is 25.8 Å². The van der Waals surface area contributed by atoms with Crippen LogP contribution >= 0.6 is 11.3 Å². The topological polar surface area (TPSA) is 37.4 Å². The lowest BCUT2D eigenvalue weighted by Gasteiger charge is -2.29. The van der Waals surface area contributed by atoms with Crippen LogP contribution in [0, 0.1) is 0 Å². The largest absolute Gasteiger partial charge is 0.312 e. The monoisotopic (exact) mass is 299 g/mol. The van der Waals surface area contributed by atoms with E-state index in [2.05, 4.69) is 6.07 Å². The molecule has 1 amide bonds. The Morgan fingerprint density at radius 3 is 2.81 bits per heavy atom. The lowest BCUT2D eigenvalue weighted by atomic mass is 10.0. The van der Waals surface area contributed by atoms with E-state index in [-0.39, 0.29) is 11.7 Å². The van der Waals surface area contributed by atoms with Crippen LogP contribution in [0.2, 0.25) is 0 Å². The van der Waals surface area contributed by atoms with Gasteiger partial charge in [0.05, 0.1) is 4.88 Å². The van der Waals surface area contributed by atoms with E-state index in [9.17, 15) is 9.59 Å². The summed E-state index contributed by atoms with van der Waals surface area (Å²) in [6.45, 7) is 0.618. The van der Waals surface area contributed by atoms with Crippen LogP contribution in [-0.4, -0.2) is 18.2 Å². The molecule has 3 rings (SSSR count). The third-order valence-electron chi connectivity index (χ3n) is 3.77. The molecular weight excluding hydrogens is 282 g/mol. The minimum absolute atomic E-state index is 0.164. The number of aryl methyl sites for hydroxylation is 1. The number of benzene rings is 1. The Hall–Kier alpha value is -1.94. The van der Waals surface area contributed by atoms with Crippen molar-refractivity contribution in [2.45, 2.75) is 25.7 Å². The molecule has 21 heavy (non-hydrogen) atoms. The standard InChI is InChI=1S/C17H17NO2S/c19-15(16-8-4-12-21-16)7-3-11-18-14-6-2-1-5-13(14)9-10-17(18)20/h1-2,4-6,8,12H,3,7,9-11H2. The first kappa shape index (κ1) is 14.0. The Balaban J connectivity index is 1.63. The van der Waals surface area contributed by atoms with Crippen LogP contribution in [-0.2, 0) is 11.2 Å². The Labute approximate surface area is 128 Å². The van der Waals surface area contributed by atoms with Gasteiger partial charge in [0.1, 0.15) is 0 Å². The fourth-order valence-electron chi connectivity index (χ4n) is 2.70.